The number of piperidine rings is 1. The minimum absolute atomic E-state index is 0.607. The van der Waals surface area contributed by atoms with E-state index in [1.54, 1.807) is 5.56 Å². The second-order valence-electron chi connectivity index (χ2n) is 7.33. The van der Waals surface area contributed by atoms with Crippen molar-refractivity contribution in [3.63, 3.8) is 0 Å². The normalized spacial score (nSPS) is 23.7. The zero-order valence-corrected chi connectivity index (χ0v) is 13.6. The Bertz CT molecular complexity index is 451. The first-order chi connectivity index (χ1) is 10.2. The Hall–Kier alpha value is -0.860. The second-order valence-corrected chi connectivity index (χ2v) is 7.33. The summed E-state index contributed by atoms with van der Waals surface area (Å²) < 4.78 is 0. The maximum atomic E-state index is 3.61. The minimum Gasteiger partial charge on any atom is -0.314 e. The van der Waals surface area contributed by atoms with Crippen LogP contribution in [0.2, 0.25) is 0 Å². The lowest BCUT2D eigenvalue weighted by molar-refractivity contribution is 0.164. The summed E-state index contributed by atoms with van der Waals surface area (Å²) in [6.07, 6.45) is 5.54. The quantitative estimate of drug-likeness (QED) is 0.856. The van der Waals surface area contributed by atoms with Gasteiger partial charge in [0.2, 0.25) is 0 Å². The molecule has 1 unspecified atom stereocenters. The summed E-state index contributed by atoms with van der Waals surface area (Å²) in [5.41, 5.74) is 3.08. The summed E-state index contributed by atoms with van der Waals surface area (Å²) in [5, 5.41) is 3.61. The third-order valence-corrected chi connectivity index (χ3v) is 4.82. The van der Waals surface area contributed by atoms with E-state index in [-0.39, 0.29) is 0 Å². The fourth-order valence-corrected chi connectivity index (χ4v) is 3.48. The lowest BCUT2D eigenvalue weighted by Gasteiger charge is -2.33. The van der Waals surface area contributed by atoms with Crippen LogP contribution in [0.3, 0.4) is 0 Å². The van der Waals surface area contributed by atoms with Gasteiger partial charge in [0.25, 0.3) is 0 Å². The molecule has 1 N–H and O–H groups in total. The van der Waals surface area contributed by atoms with E-state index in [1.807, 2.05) is 0 Å². The molecular formula is C19H30N2. The smallest absolute Gasteiger partial charge is 0.0233 e. The van der Waals surface area contributed by atoms with E-state index in [9.17, 15) is 0 Å². The first kappa shape index (κ1) is 15.1. The van der Waals surface area contributed by atoms with Crippen molar-refractivity contribution >= 4 is 0 Å². The van der Waals surface area contributed by atoms with Gasteiger partial charge < -0.3 is 5.32 Å². The molecule has 21 heavy (non-hydrogen) atoms. The first-order valence-corrected chi connectivity index (χ1v) is 8.75. The van der Waals surface area contributed by atoms with Gasteiger partial charge in [-0.15, -0.1) is 0 Å². The predicted octanol–water partition coefficient (Wildman–Crippen LogP) is 3.77. The molecule has 0 bridgehead atoms. The first-order valence-electron chi connectivity index (χ1n) is 8.75. The molecule has 0 spiro atoms. The SMILES string of the molecule is CC(C)NCC1CCCN(Cc2cccc(C3CC3)c2)C1. The van der Waals surface area contributed by atoms with E-state index in [1.165, 1.54) is 50.9 Å². The van der Waals surface area contributed by atoms with E-state index < -0.39 is 0 Å². The van der Waals surface area contributed by atoms with Gasteiger partial charge in [0.15, 0.2) is 0 Å². The van der Waals surface area contributed by atoms with Crippen LogP contribution in [-0.4, -0.2) is 30.6 Å². The van der Waals surface area contributed by atoms with Gasteiger partial charge in [-0.3, -0.25) is 4.90 Å². The van der Waals surface area contributed by atoms with E-state index in [0.717, 1.165) is 18.4 Å². The zero-order valence-electron chi connectivity index (χ0n) is 13.6. The predicted molar refractivity (Wildman–Crippen MR) is 89.6 cm³/mol. The van der Waals surface area contributed by atoms with Crippen molar-refractivity contribution < 1.29 is 0 Å². The van der Waals surface area contributed by atoms with Crippen molar-refractivity contribution in [3.8, 4) is 0 Å². The van der Waals surface area contributed by atoms with Crippen LogP contribution in [-0.2, 0) is 6.54 Å². The third-order valence-electron chi connectivity index (χ3n) is 4.82. The molecule has 0 radical (unpaired) electrons. The molecule has 0 amide bonds. The fourth-order valence-electron chi connectivity index (χ4n) is 3.48. The van der Waals surface area contributed by atoms with Crippen molar-refractivity contribution in [2.24, 2.45) is 5.92 Å². The number of benzene rings is 1. The van der Waals surface area contributed by atoms with Crippen LogP contribution in [0.1, 0.15) is 56.6 Å². The molecule has 1 atom stereocenters. The molecule has 2 fully saturated rings. The summed E-state index contributed by atoms with van der Waals surface area (Å²) >= 11 is 0. The van der Waals surface area contributed by atoms with Crippen LogP contribution in [0.4, 0.5) is 0 Å². The summed E-state index contributed by atoms with van der Waals surface area (Å²) in [6.45, 7) is 9.32. The van der Waals surface area contributed by atoms with Crippen molar-refractivity contribution in [3.05, 3.63) is 35.4 Å². The van der Waals surface area contributed by atoms with Crippen LogP contribution in [0, 0.1) is 5.92 Å². The molecule has 3 rings (SSSR count). The Labute approximate surface area is 129 Å². The zero-order chi connectivity index (χ0) is 14.7. The molecule has 1 aromatic carbocycles. The van der Waals surface area contributed by atoms with E-state index in [4.69, 9.17) is 0 Å². The average Bonchev–Trinajstić information content (AvgIpc) is 3.30. The van der Waals surface area contributed by atoms with Gasteiger partial charge in [-0.1, -0.05) is 38.1 Å². The van der Waals surface area contributed by atoms with E-state index in [2.05, 4.69) is 48.3 Å². The summed E-state index contributed by atoms with van der Waals surface area (Å²) in [7, 11) is 0. The van der Waals surface area contributed by atoms with Crippen LogP contribution in [0.25, 0.3) is 0 Å². The lowest BCUT2D eigenvalue weighted by Crippen LogP contribution is -2.40. The van der Waals surface area contributed by atoms with Gasteiger partial charge >= 0.3 is 0 Å². The van der Waals surface area contributed by atoms with Crippen molar-refractivity contribution in [2.75, 3.05) is 19.6 Å². The van der Waals surface area contributed by atoms with Crippen LogP contribution in [0.5, 0.6) is 0 Å². The molecule has 2 nitrogen and oxygen atoms in total. The second kappa shape index (κ2) is 6.93. The summed E-state index contributed by atoms with van der Waals surface area (Å²) in [6, 6.07) is 9.93. The van der Waals surface area contributed by atoms with Gasteiger partial charge in [-0.2, -0.15) is 0 Å². The van der Waals surface area contributed by atoms with Crippen LogP contribution >= 0.6 is 0 Å². The highest BCUT2D eigenvalue weighted by atomic mass is 15.1. The topological polar surface area (TPSA) is 15.3 Å². The lowest BCUT2D eigenvalue weighted by atomic mass is 9.97. The number of nitrogens with zero attached hydrogens (tertiary/aromatic N) is 1. The van der Waals surface area contributed by atoms with Crippen LogP contribution in [0.15, 0.2) is 24.3 Å². The molecule has 116 valence electrons. The van der Waals surface area contributed by atoms with Gasteiger partial charge in [0, 0.05) is 19.1 Å². The molecule has 1 saturated heterocycles. The Kier molecular flexibility index (Phi) is 4.97. The Morgan fingerprint density at radius 1 is 1.24 bits per heavy atom. The molecule has 0 aromatic heterocycles. The Balaban J connectivity index is 1.53. The van der Waals surface area contributed by atoms with Gasteiger partial charge in [-0.25, -0.2) is 0 Å². The highest BCUT2D eigenvalue weighted by Gasteiger charge is 2.24. The Morgan fingerprint density at radius 3 is 2.86 bits per heavy atom. The van der Waals surface area contributed by atoms with E-state index in [0.29, 0.717) is 6.04 Å². The largest absolute Gasteiger partial charge is 0.314 e. The highest BCUT2D eigenvalue weighted by Crippen LogP contribution is 2.40. The molecule has 1 aliphatic heterocycles. The third kappa shape index (κ3) is 4.55. The number of hydrogen-bond donors (Lipinski definition) is 1. The fraction of sp³-hybridized carbons (Fsp3) is 0.684. The maximum Gasteiger partial charge on any atom is 0.0233 e. The number of likely N-dealkylation sites (tertiary alicyclic amines) is 1. The standard InChI is InChI=1S/C19H30N2/c1-15(2)20-12-17-6-4-10-21(14-17)13-16-5-3-7-19(11-16)18-8-9-18/h3,5,7,11,15,17-18,20H,4,6,8-10,12-14H2,1-2H3. The van der Waals surface area contributed by atoms with Crippen LogP contribution < -0.4 is 5.32 Å². The maximum absolute atomic E-state index is 3.61. The van der Waals surface area contributed by atoms with E-state index >= 15 is 0 Å². The highest BCUT2D eigenvalue weighted by molar-refractivity contribution is 5.29. The monoisotopic (exact) mass is 286 g/mol. The van der Waals surface area contributed by atoms with Gasteiger partial charge in [0.05, 0.1) is 0 Å². The van der Waals surface area contributed by atoms with Crippen molar-refractivity contribution in [1.29, 1.82) is 0 Å². The number of hydrogen-bond acceptors (Lipinski definition) is 2. The summed E-state index contributed by atoms with van der Waals surface area (Å²) in [5.74, 6) is 1.70. The molecule has 1 aromatic rings. The molecular weight excluding hydrogens is 256 g/mol. The molecule has 2 aliphatic rings. The molecule has 2 heteroatoms. The number of nitrogens with one attached hydrogen (secondary N) is 1. The Morgan fingerprint density at radius 2 is 2.10 bits per heavy atom. The van der Waals surface area contributed by atoms with Gasteiger partial charge in [0.1, 0.15) is 0 Å². The minimum atomic E-state index is 0.607. The summed E-state index contributed by atoms with van der Waals surface area (Å²) in [4.78, 5) is 2.65. The number of rotatable bonds is 6. The van der Waals surface area contributed by atoms with Gasteiger partial charge in [-0.05, 0) is 61.7 Å². The van der Waals surface area contributed by atoms with Crippen molar-refractivity contribution in [2.45, 2.75) is 58.0 Å². The van der Waals surface area contributed by atoms with Crippen molar-refractivity contribution in [1.82, 2.24) is 10.2 Å². The molecule has 1 heterocycles. The molecule has 1 saturated carbocycles. The molecule has 1 aliphatic carbocycles. The average molecular weight is 286 g/mol.